The van der Waals surface area contributed by atoms with Gasteiger partial charge in [-0.15, -0.1) is 0 Å². The van der Waals surface area contributed by atoms with Crippen LogP contribution in [0.1, 0.15) is 38.2 Å². The van der Waals surface area contributed by atoms with Crippen LogP contribution in [0.3, 0.4) is 0 Å². The van der Waals surface area contributed by atoms with Gasteiger partial charge in [0.15, 0.2) is 0 Å². The Hall–Kier alpha value is -1.76. The molecule has 2 bridgehead atoms. The van der Waals surface area contributed by atoms with Gasteiger partial charge in [-0.3, -0.25) is 0 Å². The highest BCUT2D eigenvalue weighted by atomic mass is 16.5. The molecule has 2 aromatic carbocycles. The van der Waals surface area contributed by atoms with E-state index >= 15 is 0 Å². The lowest BCUT2D eigenvalue weighted by molar-refractivity contribution is 0.0461. The maximum atomic E-state index is 5.87. The molecule has 4 rings (SSSR count). The zero-order chi connectivity index (χ0) is 15.2. The van der Waals surface area contributed by atoms with Gasteiger partial charge in [-0.05, 0) is 47.9 Å². The molecule has 4 atom stereocenters. The molecule has 2 saturated carbocycles. The molecule has 2 aliphatic rings. The van der Waals surface area contributed by atoms with E-state index in [2.05, 4.69) is 56.0 Å². The molecule has 0 aliphatic heterocycles. The Balaban J connectivity index is 1.78. The minimum absolute atomic E-state index is 0.292. The van der Waals surface area contributed by atoms with E-state index in [0.717, 1.165) is 5.92 Å². The van der Waals surface area contributed by atoms with Crippen LogP contribution in [0.5, 0.6) is 0 Å². The summed E-state index contributed by atoms with van der Waals surface area (Å²) in [5.41, 5.74) is 1.80. The van der Waals surface area contributed by atoms with Gasteiger partial charge in [-0.25, -0.2) is 0 Å². The second-order valence-electron chi connectivity index (χ2n) is 7.06. The molecule has 0 amide bonds. The Bertz CT molecular complexity index is 704. The molecule has 2 aliphatic carbocycles. The molecule has 0 radical (unpaired) electrons. The van der Waals surface area contributed by atoms with Crippen molar-refractivity contribution in [2.75, 3.05) is 0 Å². The zero-order valence-corrected chi connectivity index (χ0v) is 13.3. The Morgan fingerprint density at radius 2 is 2.00 bits per heavy atom. The summed E-state index contributed by atoms with van der Waals surface area (Å²) in [5.74, 6) is 1.46. The van der Waals surface area contributed by atoms with Crippen LogP contribution in [0.4, 0.5) is 0 Å². The van der Waals surface area contributed by atoms with Crippen molar-refractivity contribution in [2.45, 2.75) is 44.1 Å². The standard InChI is InChI=1S/C21H24O/c1-3-21(14-15-11-19(21)20(12-15)22-4-2)18-10-9-16-7-5-6-8-17(16)13-18/h4-10,13,15,19-20H,2-3,11-12,14H2,1H3. The molecule has 22 heavy (non-hydrogen) atoms. The molecule has 2 fully saturated rings. The van der Waals surface area contributed by atoms with Crippen LogP contribution in [0.25, 0.3) is 10.8 Å². The van der Waals surface area contributed by atoms with Crippen molar-refractivity contribution < 1.29 is 4.74 Å². The summed E-state index contributed by atoms with van der Waals surface area (Å²) in [6, 6.07) is 15.7. The van der Waals surface area contributed by atoms with Crippen molar-refractivity contribution in [2.24, 2.45) is 11.8 Å². The first-order valence-electron chi connectivity index (χ1n) is 8.52. The third kappa shape index (κ3) is 1.91. The van der Waals surface area contributed by atoms with E-state index in [1.54, 1.807) is 6.26 Å². The van der Waals surface area contributed by atoms with E-state index in [4.69, 9.17) is 4.74 Å². The highest BCUT2D eigenvalue weighted by Gasteiger charge is 2.56. The van der Waals surface area contributed by atoms with Gasteiger partial charge >= 0.3 is 0 Å². The molecule has 4 unspecified atom stereocenters. The van der Waals surface area contributed by atoms with Crippen LogP contribution >= 0.6 is 0 Å². The lowest BCUT2D eigenvalue weighted by atomic mass is 9.65. The summed E-state index contributed by atoms with van der Waals surface area (Å²) in [5, 5.41) is 2.69. The molecule has 0 N–H and O–H groups in total. The topological polar surface area (TPSA) is 9.23 Å². The first-order chi connectivity index (χ1) is 10.8. The smallest absolute Gasteiger partial charge is 0.102 e. The number of rotatable bonds is 4. The van der Waals surface area contributed by atoms with Crippen LogP contribution in [0.2, 0.25) is 0 Å². The number of hydrogen-bond acceptors (Lipinski definition) is 1. The van der Waals surface area contributed by atoms with Gasteiger partial charge in [0.1, 0.15) is 6.10 Å². The summed E-state index contributed by atoms with van der Waals surface area (Å²) in [4.78, 5) is 0. The fourth-order valence-corrected chi connectivity index (χ4v) is 5.23. The van der Waals surface area contributed by atoms with Crippen molar-refractivity contribution >= 4 is 10.8 Å². The number of hydrogen-bond donors (Lipinski definition) is 0. The molecular weight excluding hydrogens is 268 g/mol. The third-order valence-electron chi connectivity index (χ3n) is 6.19. The minimum atomic E-state index is 0.292. The van der Waals surface area contributed by atoms with Gasteiger partial charge in [0, 0.05) is 11.3 Å². The van der Waals surface area contributed by atoms with Gasteiger partial charge < -0.3 is 4.74 Å². The van der Waals surface area contributed by atoms with E-state index in [1.165, 1.54) is 42.0 Å². The highest BCUT2D eigenvalue weighted by molar-refractivity contribution is 5.83. The van der Waals surface area contributed by atoms with Gasteiger partial charge in [0.2, 0.25) is 0 Å². The highest BCUT2D eigenvalue weighted by Crippen LogP contribution is 2.59. The van der Waals surface area contributed by atoms with E-state index in [1.807, 2.05) is 0 Å². The average molecular weight is 292 g/mol. The summed E-state index contributed by atoms with van der Waals surface area (Å²) in [6.45, 7) is 6.12. The van der Waals surface area contributed by atoms with E-state index in [9.17, 15) is 0 Å². The minimum Gasteiger partial charge on any atom is -0.498 e. The summed E-state index contributed by atoms with van der Waals surface area (Å²) in [7, 11) is 0. The van der Waals surface area contributed by atoms with Gasteiger partial charge in [-0.2, -0.15) is 0 Å². The fraction of sp³-hybridized carbons (Fsp3) is 0.429. The van der Waals surface area contributed by atoms with E-state index < -0.39 is 0 Å². The molecule has 0 aromatic heterocycles. The van der Waals surface area contributed by atoms with E-state index in [0.29, 0.717) is 17.4 Å². The van der Waals surface area contributed by atoms with Crippen LogP contribution in [0.15, 0.2) is 55.3 Å². The van der Waals surface area contributed by atoms with Crippen molar-refractivity contribution in [3.05, 3.63) is 60.9 Å². The Morgan fingerprint density at radius 1 is 1.18 bits per heavy atom. The lowest BCUT2D eigenvalue weighted by Crippen LogP contribution is -2.39. The Labute approximate surface area is 133 Å². The molecule has 114 valence electrons. The predicted molar refractivity (Wildman–Crippen MR) is 91.8 cm³/mol. The van der Waals surface area contributed by atoms with Crippen molar-refractivity contribution in [3.8, 4) is 0 Å². The van der Waals surface area contributed by atoms with Crippen LogP contribution in [-0.4, -0.2) is 6.10 Å². The van der Waals surface area contributed by atoms with Crippen LogP contribution in [0, 0.1) is 11.8 Å². The molecule has 0 heterocycles. The van der Waals surface area contributed by atoms with Crippen LogP contribution < -0.4 is 0 Å². The van der Waals surface area contributed by atoms with E-state index in [-0.39, 0.29) is 0 Å². The lowest BCUT2D eigenvalue weighted by Gasteiger charge is -2.41. The molecular formula is C21H24O. The zero-order valence-electron chi connectivity index (χ0n) is 13.3. The van der Waals surface area contributed by atoms with Crippen LogP contribution in [-0.2, 0) is 10.2 Å². The number of benzene rings is 2. The maximum absolute atomic E-state index is 5.87. The van der Waals surface area contributed by atoms with Crippen molar-refractivity contribution in [1.29, 1.82) is 0 Å². The first kappa shape index (κ1) is 13.9. The summed E-state index contributed by atoms with van der Waals surface area (Å²) < 4.78 is 5.87. The molecule has 0 saturated heterocycles. The molecule has 1 nitrogen and oxygen atoms in total. The molecule has 1 heteroatoms. The number of ether oxygens (including phenoxy) is 1. The quantitative estimate of drug-likeness (QED) is 0.681. The monoisotopic (exact) mass is 292 g/mol. The normalized spacial score (nSPS) is 33.2. The SMILES string of the molecule is C=COC1CC2CC1C(CC)(c1ccc3ccccc3c1)C2. The van der Waals surface area contributed by atoms with Crippen molar-refractivity contribution in [3.63, 3.8) is 0 Å². The first-order valence-corrected chi connectivity index (χ1v) is 8.52. The fourth-order valence-electron chi connectivity index (χ4n) is 5.23. The largest absolute Gasteiger partial charge is 0.498 e. The third-order valence-corrected chi connectivity index (χ3v) is 6.19. The second-order valence-corrected chi connectivity index (χ2v) is 7.06. The van der Waals surface area contributed by atoms with Crippen molar-refractivity contribution in [1.82, 2.24) is 0 Å². The van der Waals surface area contributed by atoms with Gasteiger partial charge in [0.05, 0.1) is 6.26 Å². The Kier molecular flexibility index (Phi) is 3.25. The van der Waals surface area contributed by atoms with Gasteiger partial charge in [-0.1, -0.05) is 56.0 Å². The van der Waals surface area contributed by atoms with Gasteiger partial charge in [0.25, 0.3) is 0 Å². The summed E-state index contributed by atoms with van der Waals surface area (Å²) in [6.07, 6.45) is 7.06. The average Bonchev–Trinajstić information content (AvgIpc) is 3.13. The maximum Gasteiger partial charge on any atom is 0.102 e. The molecule has 2 aromatic rings. The molecule has 0 spiro atoms. The predicted octanol–water partition coefficient (Wildman–Crippen LogP) is 5.45. The number of fused-ring (bicyclic) bond motifs is 3. The Morgan fingerprint density at radius 3 is 2.73 bits per heavy atom. The second kappa shape index (κ2) is 5.15. The summed E-state index contributed by atoms with van der Waals surface area (Å²) >= 11 is 0.